The molecule has 4 heteroatoms. The third kappa shape index (κ3) is 6.51. The molecule has 0 unspecified atom stereocenters. The molecule has 0 aliphatic carbocycles. The molecule has 27 heavy (non-hydrogen) atoms. The smallest absolute Gasteiger partial charge is 0.262 e. The Morgan fingerprint density at radius 2 is 1.48 bits per heavy atom. The first-order chi connectivity index (χ1) is 13.3. The summed E-state index contributed by atoms with van der Waals surface area (Å²) in [5.74, 6) is 1.20. The number of aryl methyl sites for hydroxylation is 1. The molecule has 1 amide bonds. The Hall–Kier alpha value is -3.27. The van der Waals surface area contributed by atoms with Gasteiger partial charge in [-0.05, 0) is 42.7 Å². The van der Waals surface area contributed by atoms with Crippen LogP contribution in [0.2, 0.25) is 0 Å². The summed E-state index contributed by atoms with van der Waals surface area (Å²) in [7, 11) is 0. The Kier molecular flexibility index (Phi) is 6.87. The van der Waals surface area contributed by atoms with E-state index in [1.54, 1.807) is 0 Å². The van der Waals surface area contributed by atoms with Crippen LogP contribution in [-0.2, 0) is 11.2 Å². The fourth-order valence-electron chi connectivity index (χ4n) is 2.64. The first kappa shape index (κ1) is 18.5. The fourth-order valence-corrected chi connectivity index (χ4v) is 2.64. The minimum atomic E-state index is -0.208. The van der Waals surface area contributed by atoms with Crippen LogP contribution in [0.5, 0.6) is 11.5 Å². The Balaban J connectivity index is 1.42. The molecule has 0 fully saturated rings. The number of nitrogens with one attached hydrogen (secondary N) is 1. The monoisotopic (exact) mass is 361 g/mol. The van der Waals surface area contributed by atoms with E-state index in [-0.39, 0.29) is 12.5 Å². The lowest BCUT2D eigenvalue weighted by atomic mass is 10.1. The number of rotatable bonds is 9. The van der Waals surface area contributed by atoms with Crippen molar-refractivity contribution in [3.8, 4) is 11.5 Å². The topological polar surface area (TPSA) is 47.6 Å². The number of para-hydroxylation sites is 1. The second kappa shape index (κ2) is 10.0. The lowest BCUT2D eigenvalue weighted by Gasteiger charge is -2.10. The van der Waals surface area contributed by atoms with Gasteiger partial charge in [-0.3, -0.25) is 4.79 Å². The molecule has 0 saturated carbocycles. The molecule has 0 saturated heterocycles. The SMILES string of the molecule is O=C(COc1ccccc1)Nc1cccc(OCCCc2ccccc2)c1. The van der Waals surface area contributed by atoms with E-state index in [1.165, 1.54) is 5.56 Å². The van der Waals surface area contributed by atoms with Gasteiger partial charge in [0.25, 0.3) is 5.91 Å². The van der Waals surface area contributed by atoms with Crippen molar-refractivity contribution in [1.29, 1.82) is 0 Å². The summed E-state index contributed by atoms with van der Waals surface area (Å²) in [6, 6.07) is 27.0. The van der Waals surface area contributed by atoms with Gasteiger partial charge in [-0.25, -0.2) is 0 Å². The maximum atomic E-state index is 12.0. The molecule has 0 atom stereocenters. The molecule has 0 radical (unpaired) electrons. The van der Waals surface area contributed by atoms with Gasteiger partial charge in [0.1, 0.15) is 11.5 Å². The van der Waals surface area contributed by atoms with E-state index >= 15 is 0 Å². The maximum absolute atomic E-state index is 12.0. The number of hydrogen-bond acceptors (Lipinski definition) is 3. The molecule has 0 aromatic heterocycles. The number of carbonyl (C=O) groups is 1. The number of anilines is 1. The molecule has 4 nitrogen and oxygen atoms in total. The van der Waals surface area contributed by atoms with E-state index < -0.39 is 0 Å². The maximum Gasteiger partial charge on any atom is 0.262 e. The highest BCUT2D eigenvalue weighted by molar-refractivity contribution is 5.92. The fraction of sp³-hybridized carbons (Fsp3) is 0.174. The van der Waals surface area contributed by atoms with Crippen molar-refractivity contribution in [2.24, 2.45) is 0 Å². The van der Waals surface area contributed by atoms with E-state index in [1.807, 2.05) is 72.8 Å². The highest BCUT2D eigenvalue weighted by atomic mass is 16.5. The first-order valence-corrected chi connectivity index (χ1v) is 9.04. The van der Waals surface area contributed by atoms with E-state index in [0.717, 1.165) is 18.6 Å². The molecule has 3 aromatic carbocycles. The predicted octanol–water partition coefficient (Wildman–Crippen LogP) is 4.72. The van der Waals surface area contributed by atoms with Crippen LogP contribution in [0, 0.1) is 0 Å². The van der Waals surface area contributed by atoms with Gasteiger partial charge in [-0.2, -0.15) is 0 Å². The summed E-state index contributed by atoms with van der Waals surface area (Å²) in [4.78, 5) is 12.0. The van der Waals surface area contributed by atoms with Crippen molar-refractivity contribution in [1.82, 2.24) is 0 Å². The number of amides is 1. The zero-order valence-electron chi connectivity index (χ0n) is 15.1. The van der Waals surface area contributed by atoms with Gasteiger partial charge in [0.05, 0.1) is 6.61 Å². The van der Waals surface area contributed by atoms with Crippen LogP contribution in [-0.4, -0.2) is 19.1 Å². The van der Waals surface area contributed by atoms with E-state index in [2.05, 4.69) is 17.4 Å². The van der Waals surface area contributed by atoms with E-state index in [4.69, 9.17) is 9.47 Å². The number of ether oxygens (including phenoxy) is 2. The molecule has 0 spiro atoms. The Labute approximate surface area is 159 Å². The average Bonchev–Trinajstić information content (AvgIpc) is 2.72. The van der Waals surface area contributed by atoms with Gasteiger partial charge in [0.15, 0.2) is 6.61 Å². The summed E-state index contributed by atoms with van der Waals surface area (Å²) < 4.78 is 11.2. The van der Waals surface area contributed by atoms with Crippen LogP contribution in [0.25, 0.3) is 0 Å². The van der Waals surface area contributed by atoms with Crippen LogP contribution in [0.3, 0.4) is 0 Å². The highest BCUT2D eigenvalue weighted by Gasteiger charge is 2.05. The van der Waals surface area contributed by atoms with Crippen molar-refractivity contribution >= 4 is 11.6 Å². The molecule has 0 heterocycles. The van der Waals surface area contributed by atoms with Crippen LogP contribution >= 0.6 is 0 Å². The zero-order valence-corrected chi connectivity index (χ0v) is 15.1. The van der Waals surface area contributed by atoms with Crippen molar-refractivity contribution in [3.63, 3.8) is 0 Å². The van der Waals surface area contributed by atoms with E-state index in [0.29, 0.717) is 18.0 Å². The molecular weight excluding hydrogens is 338 g/mol. The van der Waals surface area contributed by atoms with E-state index in [9.17, 15) is 4.79 Å². The van der Waals surface area contributed by atoms with Crippen LogP contribution < -0.4 is 14.8 Å². The van der Waals surface area contributed by atoms with Crippen molar-refractivity contribution in [2.75, 3.05) is 18.5 Å². The molecule has 1 N–H and O–H groups in total. The van der Waals surface area contributed by atoms with Crippen molar-refractivity contribution in [3.05, 3.63) is 90.5 Å². The molecule has 0 aliphatic rings. The third-order valence-electron chi connectivity index (χ3n) is 3.95. The number of benzene rings is 3. The minimum absolute atomic E-state index is 0.0355. The van der Waals surface area contributed by atoms with Gasteiger partial charge >= 0.3 is 0 Å². The Morgan fingerprint density at radius 1 is 0.778 bits per heavy atom. The minimum Gasteiger partial charge on any atom is -0.494 e. The summed E-state index contributed by atoms with van der Waals surface area (Å²) >= 11 is 0. The van der Waals surface area contributed by atoms with Gasteiger partial charge in [-0.15, -0.1) is 0 Å². The summed E-state index contributed by atoms with van der Waals surface area (Å²) in [5, 5.41) is 2.82. The normalized spacial score (nSPS) is 10.2. The molecule has 3 rings (SSSR count). The average molecular weight is 361 g/mol. The summed E-state index contributed by atoms with van der Waals surface area (Å²) in [5.41, 5.74) is 2.00. The lowest BCUT2D eigenvalue weighted by Crippen LogP contribution is -2.20. The highest BCUT2D eigenvalue weighted by Crippen LogP contribution is 2.18. The van der Waals surface area contributed by atoms with Gasteiger partial charge in [0.2, 0.25) is 0 Å². The Morgan fingerprint density at radius 3 is 2.26 bits per heavy atom. The molecule has 0 aliphatic heterocycles. The quantitative estimate of drug-likeness (QED) is 0.561. The van der Waals surface area contributed by atoms with Crippen LogP contribution in [0.1, 0.15) is 12.0 Å². The summed E-state index contributed by atoms with van der Waals surface area (Å²) in [6.07, 6.45) is 1.92. The zero-order chi connectivity index (χ0) is 18.7. The van der Waals surface area contributed by atoms with Gasteiger partial charge in [0, 0.05) is 11.8 Å². The van der Waals surface area contributed by atoms with Crippen LogP contribution in [0.4, 0.5) is 5.69 Å². The van der Waals surface area contributed by atoms with Crippen LogP contribution in [0.15, 0.2) is 84.9 Å². The standard InChI is InChI=1S/C23H23NO3/c25-23(18-27-21-13-5-2-6-14-21)24-20-12-7-15-22(17-20)26-16-8-11-19-9-3-1-4-10-19/h1-7,9-10,12-15,17H,8,11,16,18H2,(H,24,25). The second-order valence-electron chi connectivity index (χ2n) is 6.12. The van der Waals surface area contributed by atoms with Gasteiger partial charge in [-0.1, -0.05) is 54.6 Å². The molecule has 138 valence electrons. The largest absolute Gasteiger partial charge is 0.494 e. The Bertz CT molecular complexity index is 835. The summed E-state index contributed by atoms with van der Waals surface area (Å²) in [6.45, 7) is 0.593. The molecule has 0 bridgehead atoms. The lowest BCUT2D eigenvalue weighted by molar-refractivity contribution is -0.118. The van der Waals surface area contributed by atoms with Gasteiger partial charge < -0.3 is 14.8 Å². The third-order valence-corrected chi connectivity index (χ3v) is 3.95. The molecule has 3 aromatic rings. The first-order valence-electron chi connectivity index (χ1n) is 9.04. The number of hydrogen-bond donors (Lipinski definition) is 1. The number of carbonyl (C=O) groups excluding carboxylic acids is 1. The second-order valence-corrected chi connectivity index (χ2v) is 6.12. The molecular formula is C23H23NO3. The van der Waals surface area contributed by atoms with Crippen molar-refractivity contribution < 1.29 is 14.3 Å². The van der Waals surface area contributed by atoms with Crippen molar-refractivity contribution in [2.45, 2.75) is 12.8 Å². The predicted molar refractivity (Wildman–Crippen MR) is 107 cm³/mol.